The zero-order chi connectivity index (χ0) is 10.8. The molecule has 0 amide bonds. The van der Waals surface area contributed by atoms with Crippen molar-refractivity contribution in [2.45, 2.75) is 6.92 Å². The molecule has 0 aromatic heterocycles. The molecule has 0 saturated carbocycles. The zero-order valence-corrected chi connectivity index (χ0v) is 9.53. The fraction of sp³-hybridized carbons (Fsp3) is 0.500. The van der Waals surface area contributed by atoms with E-state index in [0.717, 1.165) is 31.9 Å². The highest BCUT2D eigenvalue weighted by molar-refractivity contribution is 5.58. The van der Waals surface area contributed by atoms with Gasteiger partial charge in [-0.25, -0.2) is 0 Å². The third kappa shape index (κ3) is 2.42. The lowest BCUT2D eigenvalue weighted by Gasteiger charge is -2.34. The molecule has 1 heterocycles. The molecule has 0 spiro atoms. The van der Waals surface area contributed by atoms with Gasteiger partial charge in [-0.2, -0.15) is 0 Å². The highest BCUT2D eigenvalue weighted by Crippen LogP contribution is 2.21. The van der Waals surface area contributed by atoms with E-state index in [4.69, 9.17) is 5.73 Å². The van der Waals surface area contributed by atoms with Gasteiger partial charge in [-0.3, -0.25) is 0 Å². The molecule has 0 unspecified atom stereocenters. The van der Waals surface area contributed by atoms with Gasteiger partial charge >= 0.3 is 0 Å². The molecule has 0 atom stereocenters. The van der Waals surface area contributed by atoms with E-state index in [1.54, 1.807) is 0 Å². The molecule has 1 fully saturated rings. The molecule has 3 heteroatoms. The van der Waals surface area contributed by atoms with Crippen LogP contribution < -0.4 is 10.6 Å². The Kier molecular flexibility index (Phi) is 2.82. The van der Waals surface area contributed by atoms with E-state index in [1.165, 1.54) is 11.3 Å². The van der Waals surface area contributed by atoms with Crippen molar-refractivity contribution in [3.63, 3.8) is 0 Å². The summed E-state index contributed by atoms with van der Waals surface area (Å²) < 4.78 is 0. The number of rotatable bonds is 1. The number of nitrogens with two attached hydrogens (primary N) is 1. The van der Waals surface area contributed by atoms with Gasteiger partial charge in [0.05, 0.1) is 0 Å². The van der Waals surface area contributed by atoms with Crippen LogP contribution in [0.3, 0.4) is 0 Å². The van der Waals surface area contributed by atoms with Crippen molar-refractivity contribution in [3.05, 3.63) is 23.8 Å². The van der Waals surface area contributed by atoms with Gasteiger partial charge in [-0.15, -0.1) is 0 Å². The zero-order valence-electron chi connectivity index (χ0n) is 9.53. The predicted octanol–water partition coefficient (Wildman–Crippen LogP) is 1.33. The molecule has 1 saturated heterocycles. The SMILES string of the molecule is Cc1cc(N)cc(N2CCN(C)CC2)c1. The van der Waals surface area contributed by atoms with E-state index in [1.807, 2.05) is 6.07 Å². The lowest BCUT2D eigenvalue weighted by molar-refractivity contribution is 0.313. The van der Waals surface area contributed by atoms with Crippen molar-refractivity contribution in [2.24, 2.45) is 0 Å². The first-order chi connectivity index (χ1) is 7.15. The van der Waals surface area contributed by atoms with E-state index in [2.05, 4.69) is 35.9 Å². The standard InChI is InChI=1S/C12H19N3/c1-10-7-11(13)9-12(8-10)15-5-3-14(2)4-6-15/h7-9H,3-6,13H2,1-2H3. The Balaban J connectivity index is 2.15. The van der Waals surface area contributed by atoms with Gasteiger partial charge in [0.25, 0.3) is 0 Å². The molecule has 15 heavy (non-hydrogen) atoms. The third-order valence-corrected chi connectivity index (χ3v) is 2.95. The van der Waals surface area contributed by atoms with E-state index >= 15 is 0 Å². The maximum atomic E-state index is 5.86. The molecule has 2 rings (SSSR count). The van der Waals surface area contributed by atoms with Gasteiger partial charge in [-0.05, 0) is 37.7 Å². The summed E-state index contributed by atoms with van der Waals surface area (Å²) in [4.78, 5) is 4.76. The Morgan fingerprint density at radius 1 is 1.07 bits per heavy atom. The second-order valence-corrected chi connectivity index (χ2v) is 4.39. The minimum atomic E-state index is 0.865. The second-order valence-electron chi connectivity index (χ2n) is 4.39. The van der Waals surface area contributed by atoms with Gasteiger partial charge in [0.15, 0.2) is 0 Å². The molecule has 1 aliphatic heterocycles. The van der Waals surface area contributed by atoms with Crippen molar-refractivity contribution >= 4 is 11.4 Å². The Morgan fingerprint density at radius 2 is 1.73 bits per heavy atom. The topological polar surface area (TPSA) is 32.5 Å². The van der Waals surface area contributed by atoms with E-state index in [0.29, 0.717) is 0 Å². The number of piperazine rings is 1. The van der Waals surface area contributed by atoms with Crippen LogP contribution in [-0.2, 0) is 0 Å². The first kappa shape index (κ1) is 10.3. The van der Waals surface area contributed by atoms with Crippen LogP contribution in [0.1, 0.15) is 5.56 Å². The molecule has 0 aliphatic carbocycles. The molecule has 1 aromatic carbocycles. The van der Waals surface area contributed by atoms with E-state index in [9.17, 15) is 0 Å². The number of nitrogen functional groups attached to an aromatic ring is 1. The molecule has 1 aromatic rings. The van der Waals surface area contributed by atoms with Crippen molar-refractivity contribution in [2.75, 3.05) is 43.9 Å². The first-order valence-corrected chi connectivity index (χ1v) is 5.46. The maximum absolute atomic E-state index is 5.86. The highest BCUT2D eigenvalue weighted by atomic mass is 15.2. The number of likely N-dealkylation sites (N-methyl/N-ethyl adjacent to an activating group) is 1. The van der Waals surface area contributed by atoms with Gasteiger partial charge in [0, 0.05) is 37.6 Å². The van der Waals surface area contributed by atoms with Gasteiger partial charge in [0.1, 0.15) is 0 Å². The van der Waals surface area contributed by atoms with Crippen LogP contribution in [0.2, 0.25) is 0 Å². The summed E-state index contributed by atoms with van der Waals surface area (Å²) in [6, 6.07) is 6.29. The van der Waals surface area contributed by atoms with Crippen molar-refractivity contribution in [1.29, 1.82) is 0 Å². The lowest BCUT2D eigenvalue weighted by atomic mass is 10.1. The average molecular weight is 205 g/mol. The van der Waals surface area contributed by atoms with Crippen molar-refractivity contribution in [3.8, 4) is 0 Å². The number of nitrogens with zero attached hydrogens (tertiary/aromatic N) is 2. The van der Waals surface area contributed by atoms with Crippen LogP contribution in [0.4, 0.5) is 11.4 Å². The molecule has 1 aliphatic rings. The first-order valence-electron chi connectivity index (χ1n) is 5.46. The molecular weight excluding hydrogens is 186 g/mol. The molecule has 2 N–H and O–H groups in total. The van der Waals surface area contributed by atoms with Gasteiger partial charge < -0.3 is 15.5 Å². The Morgan fingerprint density at radius 3 is 2.33 bits per heavy atom. The highest BCUT2D eigenvalue weighted by Gasteiger charge is 2.14. The van der Waals surface area contributed by atoms with Crippen LogP contribution in [0.15, 0.2) is 18.2 Å². The number of benzene rings is 1. The van der Waals surface area contributed by atoms with E-state index < -0.39 is 0 Å². The Hall–Kier alpha value is -1.22. The van der Waals surface area contributed by atoms with Crippen molar-refractivity contribution in [1.82, 2.24) is 4.90 Å². The van der Waals surface area contributed by atoms with Crippen LogP contribution in [0.25, 0.3) is 0 Å². The fourth-order valence-corrected chi connectivity index (χ4v) is 2.04. The summed E-state index contributed by atoms with van der Waals surface area (Å²) in [5.74, 6) is 0. The number of hydrogen-bond donors (Lipinski definition) is 1. The monoisotopic (exact) mass is 205 g/mol. The van der Waals surface area contributed by atoms with Gasteiger partial charge in [0.2, 0.25) is 0 Å². The molecule has 3 nitrogen and oxygen atoms in total. The number of aryl methyl sites for hydroxylation is 1. The fourth-order valence-electron chi connectivity index (χ4n) is 2.04. The minimum absolute atomic E-state index is 0.865. The summed E-state index contributed by atoms with van der Waals surface area (Å²) in [5, 5.41) is 0. The Labute approximate surface area is 91.5 Å². The smallest absolute Gasteiger partial charge is 0.0390 e. The van der Waals surface area contributed by atoms with Crippen molar-refractivity contribution < 1.29 is 0 Å². The molecule has 0 bridgehead atoms. The average Bonchev–Trinajstić information content (AvgIpc) is 2.17. The summed E-state index contributed by atoms with van der Waals surface area (Å²) in [6.45, 7) is 6.55. The minimum Gasteiger partial charge on any atom is -0.399 e. The summed E-state index contributed by atoms with van der Waals surface area (Å²) in [5.41, 5.74) is 9.23. The summed E-state index contributed by atoms with van der Waals surface area (Å²) >= 11 is 0. The van der Waals surface area contributed by atoms with Crippen LogP contribution >= 0.6 is 0 Å². The number of anilines is 2. The van der Waals surface area contributed by atoms with Crippen LogP contribution in [0, 0.1) is 6.92 Å². The summed E-state index contributed by atoms with van der Waals surface area (Å²) in [7, 11) is 2.17. The second kappa shape index (κ2) is 4.11. The Bertz CT molecular complexity index is 320. The maximum Gasteiger partial charge on any atom is 0.0390 e. The lowest BCUT2D eigenvalue weighted by Crippen LogP contribution is -2.44. The molecule has 82 valence electrons. The van der Waals surface area contributed by atoms with Gasteiger partial charge in [-0.1, -0.05) is 0 Å². The number of hydrogen-bond acceptors (Lipinski definition) is 3. The largest absolute Gasteiger partial charge is 0.399 e. The predicted molar refractivity (Wildman–Crippen MR) is 65.3 cm³/mol. The quantitative estimate of drug-likeness (QED) is 0.702. The third-order valence-electron chi connectivity index (χ3n) is 2.95. The van der Waals surface area contributed by atoms with E-state index in [-0.39, 0.29) is 0 Å². The normalized spacial score (nSPS) is 18.1. The summed E-state index contributed by atoms with van der Waals surface area (Å²) in [6.07, 6.45) is 0. The molecular formula is C12H19N3. The van der Waals surface area contributed by atoms with Crippen LogP contribution in [0.5, 0.6) is 0 Å². The molecule has 0 radical (unpaired) electrons. The van der Waals surface area contributed by atoms with Crippen LogP contribution in [-0.4, -0.2) is 38.1 Å².